The molecule has 0 saturated carbocycles. The molecular weight excluding hydrogens is 171 g/mol. The third kappa shape index (κ3) is 2.08. The first-order valence-electron chi connectivity index (χ1n) is 3.68. The summed E-state index contributed by atoms with van der Waals surface area (Å²) in [5, 5.41) is 17.8. The molecule has 0 aromatic heterocycles. The number of rotatable bonds is 3. The highest BCUT2D eigenvalue weighted by Crippen LogP contribution is 2.08. The first-order valence-corrected chi connectivity index (χ1v) is 3.68. The van der Waals surface area contributed by atoms with E-state index < -0.39 is 7.12 Å². The fourth-order valence-corrected chi connectivity index (χ4v) is 1.01. The summed E-state index contributed by atoms with van der Waals surface area (Å²) in [5.74, 6) is 0.480. The average Bonchev–Trinajstić information content (AvgIpc) is 2.16. The van der Waals surface area contributed by atoms with Gasteiger partial charge in [0, 0.05) is 5.56 Å². The maximum Gasteiger partial charge on any atom is 0.489 e. The van der Waals surface area contributed by atoms with Gasteiger partial charge >= 0.3 is 7.12 Å². The van der Waals surface area contributed by atoms with Crippen LogP contribution in [0.1, 0.15) is 10.4 Å². The standard InChI is InChI=1S/C8H9BO4/c1-13-7-3-2-6(5-10)8(4-7)9(11)12/h2-5,11-12H,1H3. The Morgan fingerprint density at radius 2 is 2.15 bits per heavy atom. The van der Waals surface area contributed by atoms with E-state index in [1.807, 2.05) is 0 Å². The Morgan fingerprint density at radius 1 is 1.46 bits per heavy atom. The zero-order chi connectivity index (χ0) is 9.84. The maximum absolute atomic E-state index is 10.5. The normalized spacial score (nSPS) is 9.46. The molecule has 1 aromatic rings. The molecule has 0 unspecified atom stereocenters. The summed E-state index contributed by atoms with van der Waals surface area (Å²) in [5.41, 5.74) is 0.394. The molecule has 0 fully saturated rings. The zero-order valence-electron chi connectivity index (χ0n) is 7.10. The Kier molecular flexibility index (Phi) is 3.05. The number of carbonyl (C=O) groups is 1. The summed E-state index contributed by atoms with van der Waals surface area (Å²) in [7, 11) is -0.195. The van der Waals surface area contributed by atoms with Crippen LogP contribution in [0.3, 0.4) is 0 Å². The Labute approximate surface area is 75.9 Å². The van der Waals surface area contributed by atoms with Crippen LogP contribution < -0.4 is 10.2 Å². The van der Waals surface area contributed by atoms with Crippen LogP contribution in [0.15, 0.2) is 18.2 Å². The predicted molar refractivity (Wildman–Crippen MR) is 48.2 cm³/mol. The fourth-order valence-electron chi connectivity index (χ4n) is 1.01. The Bertz CT molecular complexity index is 311. The van der Waals surface area contributed by atoms with Crippen molar-refractivity contribution >= 4 is 18.9 Å². The summed E-state index contributed by atoms with van der Waals surface area (Å²) in [6.45, 7) is 0. The van der Waals surface area contributed by atoms with Gasteiger partial charge in [-0.2, -0.15) is 0 Å². The van der Waals surface area contributed by atoms with Crippen LogP contribution in [0.25, 0.3) is 0 Å². The number of carbonyl (C=O) groups excluding carboxylic acids is 1. The van der Waals surface area contributed by atoms with Crippen LogP contribution in [-0.2, 0) is 0 Å². The largest absolute Gasteiger partial charge is 0.497 e. The van der Waals surface area contributed by atoms with Gasteiger partial charge in [-0.05, 0) is 23.7 Å². The van der Waals surface area contributed by atoms with E-state index in [1.165, 1.54) is 19.2 Å². The molecule has 0 bridgehead atoms. The monoisotopic (exact) mass is 180 g/mol. The number of hydrogen-bond acceptors (Lipinski definition) is 4. The fraction of sp³-hybridized carbons (Fsp3) is 0.125. The van der Waals surface area contributed by atoms with E-state index in [1.54, 1.807) is 6.07 Å². The molecule has 13 heavy (non-hydrogen) atoms. The van der Waals surface area contributed by atoms with Gasteiger partial charge in [-0.3, -0.25) is 4.79 Å². The highest BCUT2D eigenvalue weighted by atomic mass is 16.5. The summed E-state index contributed by atoms with van der Waals surface area (Å²) in [4.78, 5) is 10.5. The molecule has 1 rings (SSSR count). The van der Waals surface area contributed by atoms with Gasteiger partial charge in [0.2, 0.25) is 0 Å². The quantitative estimate of drug-likeness (QED) is 0.471. The van der Waals surface area contributed by atoms with Crippen LogP contribution in [-0.4, -0.2) is 30.6 Å². The van der Waals surface area contributed by atoms with Crippen molar-refractivity contribution in [1.29, 1.82) is 0 Å². The number of methoxy groups -OCH3 is 1. The van der Waals surface area contributed by atoms with Crippen molar-refractivity contribution in [2.45, 2.75) is 0 Å². The van der Waals surface area contributed by atoms with Gasteiger partial charge < -0.3 is 14.8 Å². The molecule has 0 saturated heterocycles. The van der Waals surface area contributed by atoms with Crippen LogP contribution in [0.5, 0.6) is 5.75 Å². The first-order chi connectivity index (χ1) is 6.19. The van der Waals surface area contributed by atoms with E-state index in [-0.39, 0.29) is 11.0 Å². The lowest BCUT2D eigenvalue weighted by molar-refractivity contribution is 0.112. The van der Waals surface area contributed by atoms with Crippen molar-refractivity contribution in [3.05, 3.63) is 23.8 Å². The SMILES string of the molecule is COc1ccc(C=O)c(B(O)O)c1. The van der Waals surface area contributed by atoms with Crippen molar-refractivity contribution in [2.24, 2.45) is 0 Å². The molecule has 0 aliphatic rings. The van der Waals surface area contributed by atoms with Gasteiger partial charge in [-0.25, -0.2) is 0 Å². The van der Waals surface area contributed by atoms with Crippen LogP contribution in [0, 0.1) is 0 Å². The second kappa shape index (κ2) is 4.07. The van der Waals surface area contributed by atoms with Gasteiger partial charge in [-0.1, -0.05) is 0 Å². The molecule has 68 valence electrons. The first kappa shape index (κ1) is 9.76. The molecule has 0 aliphatic heterocycles. The van der Waals surface area contributed by atoms with E-state index >= 15 is 0 Å². The Balaban J connectivity index is 3.17. The van der Waals surface area contributed by atoms with Gasteiger partial charge in [0.1, 0.15) is 12.0 Å². The molecule has 4 nitrogen and oxygen atoms in total. The molecule has 0 radical (unpaired) electrons. The second-order valence-corrected chi connectivity index (χ2v) is 2.49. The third-order valence-corrected chi connectivity index (χ3v) is 1.70. The van der Waals surface area contributed by atoms with E-state index in [2.05, 4.69) is 0 Å². The van der Waals surface area contributed by atoms with Gasteiger partial charge in [0.25, 0.3) is 0 Å². The van der Waals surface area contributed by atoms with Gasteiger partial charge in [0.05, 0.1) is 7.11 Å². The van der Waals surface area contributed by atoms with E-state index in [9.17, 15) is 4.79 Å². The lowest BCUT2D eigenvalue weighted by Crippen LogP contribution is -2.32. The van der Waals surface area contributed by atoms with Crippen LogP contribution in [0.2, 0.25) is 0 Å². The van der Waals surface area contributed by atoms with E-state index in [4.69, 9.17) is 14.8 Å². The van der Waals surface area contributed by atoms with Crippen molar-refractivity contribution in [1.82, 2.24) is 0 Å². The lowest BCUT2D eigenvalue weighted by atomic mass is 9.77. The third-order valence-electron chi connectivity index (χ3n) is 1.70. The lowest BCUT2D eigenvalue weighted by Gasteiger charge is -2.05. The summed E-state index contributed by atoms with van der Waals surface area (Å²) >= 11 is 0. The molecule has 0 amide bonds. The van der Waals surface area contributed by atoms with Crippen LogP contribution in [0.4, 0.5) is 0 Å². The van der Waals surface area contributed by atoms with Crippen molar-refractivity contribution in [2.75, 3.05) is 7.11 Å². The van der Waals surface area contributed by atoms with E-state index in [0.29, 0.717) is 12.0 Å². The average molecular weight is 180 g/mol. The number of ether oxygens (including phenoxy) is 1. The Morgan fingerprint density at radius 3 is 2.62 bits per heavy atom. The Hall–Kier alpha value is -1.33. The minimum atomic E-state index is -1.66. The topological polar surface area (TPSA) is 66.8 Å². The minimum Gasteiger partial charge on any atom is -0.497 e. The number of benzene rings is 1. The van der Waals surface area contributed by atoms with Crippen molar-refractivity contribution < 1.29 is 19.6 Å². The highest BCUT2D eigenvalue weighted by Gasteiger charge is 2.16. The molecule has 1 aromatic carbocycles. The van der Waals surface area contributed by atoms with Crippen molar-refractivity contribution in [3.63, 3.8) is 0 Å². The van der Waals surface area contributed by atoms with Crippen LogP contribution >= 0.6 is 0 Å². The molecule has 0 aliphatic carbocycles. The summed E-state index contributed by atoms with van der Waals surface area (Å²) in [6.07, 6.45) is 0.564. The molecule has 0 spiro atoms. The second-order valence-electron chi connectivity index (χ2n) is 2.49. The molecular formula is C8H9BO4. The molecule has 0 atom stereocenters. The van der Waals surface area contributed by atoms with Gasteiger partial charge in [-0.15, -0.1) is 0 Å². The summed E-state index contributed by atoms with van der Waals surface area (Å²) < 4.78 is 4.87. The molecule has 2 N–H and O–H groups in total. The highest BCUT2D eigenvalue weighted by molar-refractivity contribution is 6.60. The van der Waals surface area contributed by atoms with E-state index in [0.717, 1.165) is 0 Å². The maximum atomic E-state index is 10.5. The summed E-state index contributed by atoms with van der Waals surface area (Å²) in [6, 6.07) is 4.46. The number of hydrogen-bond donors (Lipinski definition) is 2. The van der Waals surface area contributed by atoms with Gasteiger partial charge in [0.15, 0.2) is 0 Å². The molecule has 5 heteroatoms. The van der Waals surface area contributed by atoms with Crippen molar-refractivity contribution in [3.8, 4) is 5.75 Å². The minimum absolute atomic E-state index is 0.148. The molecule has 0 heterocycles. The zero-order valence-corrected chi connectivity index (χ0v) is 7.10. The predicted octanol–water partition coefficient (Wildman–Crippen LogP) is -0.812. The number of aldehydes is 1. The smallest absolute Gasteiger partial charge is 0.489 e.